The van der Waals surface area contributed by atoms with Crippen molar-refractivity contribution in [1.82, 2.24) is 10.3 Å². The van der Waals surface area contributed by atoms with Crippen LogP contribution in [0, 0.1) is 11.8 Å². The van der Waals surface area contributed by atoms with Gasteiger partial charge in [0.05, 0.1) is 24.8 Å². The summed E-state index contributed by atoms with van der Waals surface area (Å²) in [7, 11) is 0. The molecule has 2 atom stereocenters. The van der Waals surface area contributed by atoms with E-state index in [0.29, 0.717) is 19.1 Å². The van der Waals surface area contributed by atoms with Crippen LogP contribution in [0.2, 0.25) is 0 Å². The van der Waals surface area contributed by atoms with Crippen LogP contribution < -0.4 is 5.32 Å². The van der Waals surface area contributed by atoms with Crippen molar-refractivity contribution in [2.24, 2.45) is 11.8 Å². The number of nitrogens with one attached hydrogen (secondary N) is 1. The van der Waals surface area contributed by atoms with Gasteiger partial charge in [0.1, 0.15) is 0 Å². The van der Waals surface area contributed by atoms with Crippen LogP contribution >= 0.6 is 0 Å². The van der Waals surface area contributed by atoms with Crippen LogP contribution in [-0.4, -0.2) is 30.1 Å². The second-order valence-electron chi connectivity index (χ2n) is 7.09. The number of hydrogen-bond donors (Lipinski definition) is 1. The maximum Gasteiger partial charge on any atom is 0.223 e. The first-order valence-electron chi connectivity index (χ1n) is 9.02. The Morgan fingerprint density at radius 3 is 2.88 bits per heavy atom. The minimum Gasteiger partial charge on any atom is -0.379 e. The van der Waals surface area contributed by atoms with Crippen LogP contribution in [-0.2, 0) is 16.0 Å². The lowest BCUT2D eigenvalue weighted by atomic mass is 9.92. The van der Waals surface area contributed by atoms with Gasteiger partial charge in [-0.25, -0.2) is 0 Å². The van der Waals surface area contributed by atoms with Crippen LogP contribution in [0.25, 0.3) is 10.9 Å². The highest BCUT2D eigenvalue weighted by Crippen LogP contribution is 2.27. The second-order valence-corrected chi connectivity index (χ2v) is 7.09. The number of nitrogens with zero attached hydrogens (tertiary/aromatic N) is 1. The molecule has 1 aromatic carbocycles. The van der Waals surface area contributed by atoms with E-state index in [1.807, 2.05) is 18.3 Å². The van der Waals surface area contributed by atoms with Crippen molar-refractivity contribution in [1.29, 1.82) is 0 Å². The third-order valence-electron chi connectivity index (χ3n) is 5.47. The van der Waals surface area contributed by atoms with Gasteiger partial charge in [0, 0.05) is 23.4 Å². The molecule has 2 unspecified atom stereocenters. The molecule has 0 bridgehead atoms. The van der Waals surface area contributed by atoms with E-state index < -0.39 is 0 Å². The molecule has 4 rings (SSSR count). The zero-order valence-electron chi connectivity index (χ0n) is 13.9. The van der Waals surface area contributed by atoms with Gasteiger partial charge in [0.2, 0.25) is 5.91 Å². The summed E-state index contributed by atoms with van der Waals surface area (Å²) in [5.74, 6) is 0.779. The molecule has 4 heteroatoms. The number of pyridine rings is 1. The lowest BCUT2D eigenvalue weighted by molar-refractivity contribution is -0.125. The van der Waals surface area contributed by atoms with Crippen molar-refractivity contribution in [3.8, 4) is 0 Å². The summed E-state index contributed by atoms with van der Waals surface area (Å²) in [4.78, 5) is 16.9. The standard InChI is InChI=1S/C20H24N2O2/c23-20(14-5-1-2-6-14)22-19-13-24-12-16(19)11-15-9-10-21-18-8-4-3-7-17(15)18/h3-4,7-10,14,16,19H,1-2,5-6,11-13H2,(H,22,23). The highest BCUT2D eigenvalue weighted by atomic mass is 16.5. The smallest absolute Gasteiger partial charge is 0.223 e. The number of aromatic nitrogens is 1. The highest BCUT2D eigenvalue weighted by molar-refractivity contribution is 5.82. The Bertz CT molecular complexity index is 719. The zero-order chi connectivity index (χ0) is 16.4. The minimum atomic E-state index is 0.130. The summed E-state index contributed by atoms with van der Waals surface area (Å²) in [6, 6.07) is 10.5. The Morgan fingerprint density at radius 2 is 2.00 bits per heavy atom. The summed E-state index contributed by atoms with van der Waals surface area (Å²) >= 11 is 0. The van der Waals surface area contributed by atoms with Gasteiger partial charge in [0.15, 0.2) is 0 Å². The molecule has 4 nitrogen and oxygen atoms in total. The van der Waals surface area contributed by atoms with Crippen LogP contribution in [0.15, 0.2) is 36.5 Å². The monoisotopic (exact) mass is 324 g/mol. The van der Waals surface area contributed by atoms with Crippen molar-refractivity contribution in [2.75, 3.05) is 13.2 Å². The first-order valence-corrected chi connectivity index (χ1v) is 9.02. The van der Waals surface area contributed by atoms with Crippen molar-refractivity contribution < 1.29 is 9.53 Å². The molecule has 1 saturated carbocycles. The molecule has 0 radical (unpaired) electrons. The van der Waals surface area contributed by atoms with Crippen LogP contribution in [0.4, 0.5) is 0 Å². The molecule has 1 amide bonds. The Balaban J connectivity index is 1.47. The summed E-state index contributed by atoms with van der Waals surface area (Å²) in [5.41, 5.74) is 2.32. The quantitative estimate of drug-likeness (QED) is 0.940. The number of benzene rings is 1. The molecule has 2 aliphatic rings. The van der Waals surface area contributed by atoms with Gasteiger partial charge >= 0.3 is 0 Å². The summed E-state index contributed by atoms with van der Waals surface area (Å²) in [6.45, 7) is 1.35. The number of para-hydroxylation sites is 1. The molecule has 2 fully saturated rings. The number of fused-ring (bicyclic) bond motifs is 1. The van der Waals surface area contributed by atoms with E-state index in [9.17, 15) is 4.79 Å². The number of carbonyl (C=O) groups excluding carboxylic acids is 1. The van der Waals surface area contributed by atoms with E-state index in [2.05, 4.69) is 28.5 Å². The molecular formula is C20H24N2O2. The second kappa shape index (κ2) is 6.89. The topological polar surface area (TPSA) is 51.2 Å². The van der Waals surface area contributed by atoms with Gasteiger partial charge in [-0.3, -0.25) is 9.78 Å². The number of hydrogen-bond acceptors (Lipinski definition) is 3. The summed E-state index contributed by atoms with van der Waals surface area (Å²) in [5, 5.41) is 4.46. The molecule has 2 heterocycles. The van der Waals surface area contributed by atoms with Crippen LogP contribution in [0.1, 0.15) is 31.2 Å². The fraction of sp³-hybridized carbons (Fsp3) is 0.500. The molecule has 1 saturated heterocycles. The van der Waals surface area contributed by atoms with E-state index in [0.717, 1.165) is 24.8 Å². The van der Waals surface area contributed by atoms with Crippen molar-refractivity contribution in [3.05, 3.63) is 42.1 Å². The Morgan fingerprint density at radius 1 is 1.17 bits per heavy atom. The van der Waals surface area contributed by atoms with Gasteiger partial charge in [-0.1, -0.05) is 31.0 Å². The van der Waals surface area contributed by atoms with Crippen LogP contribution in [0.5, 0.6) is 0 Å². The van der Waals surface area contributed by atoms with E-state index in [4.69, 9.17) is 4.74 Å². The summed E-state index contributed by atoms with van der Waals surface area (Å²) in [6.07, 6.45) is 7.24. The zero-order valence-corrected chi connectivity index (χ0v) is 13.9. The normalized spacial score (nSPS) is 24.5. The van der Waals surface area contributed by atoms with Crippen molar-refractivity contribution in [3.63, 3.8) is 0 Å². The fourth-order valence-electron chi connectivity index (χ4n) is 4.06. The number of ether oxygens (including phenoxy) is 1. The number of amides is 1. The fourth-order valence-corrected chi connectivity index (χ4v) is 4.06. The predicted molar refractivity (Wildman–Crippen MR) is 93.6 cm³/mol. The SMILES string of the molecule is O=C(NC1COCC1Cc1ccnc2ccccc12)C1CCCC1. The molecule has 1 N–H and O–H groups in total. The Hall–Kier alpha value is -1.94. The Labute approximate surface area is 142 Å². The van der Waals surface area contributed by atoms with E-state index >= 15 is 0 Å². The minimum absolute atomic E-state index is 0.130. The first kappa shape index (κ1) is 15.6. The highest BCUT2D eigenvalue weighted by Gasteiger charge is 2.32. The van der Waals surface area contributed by atoms with Gasteiger partial charge in [0.25, 0.3) is 0 Å². The van der Waals surface area contributed by atoms with Crippen LogP contribution in [0.3, 0.4) is 0 Å². The van der Waals surface area contributed by atoms with Crippen molar-refractivity contribution in [2.45, 2.75) is 38.1 Å². The lowest BCUT2D eigenvalue weighted by Gasteiger charge is -2.21. The molecule has 24 heavy (non-hydrogen) atoms. The third kappa shape index (κ3) is 3.16. The average Bonchev–Trinajstić information content (AvgIpc) is 3.28. The predicted octanol–water partition coefficient (Wildman–Crippen LogP) is 3.10. The molecule has 1 aliphatic heterocycles. The molecule has 0 spiro atoms. The molecule has 1 aromatic heterocycles. The maximum atomic E-state index is 12.4. The average molecular weight is 324 g/mol. The summed E-state index contributed by atoms with van der Waals surface area (Å²) < 4.78 is 5.69. The molecule has 2 aromatic rings. The van der Waals surface area contributed by atoms with Gasteiger partial charge < -0.3 is 10.1 Å². The van der Waals surface area contributed by atoms with E-state index in [1.54, 1.807) is 0 Å². The number of carbonyl (C=O) groups is 1. The van der Waals surface area contributed by atoms with Crippen molar-refractivity contribution >= 4 is 16.8 Å². The van der Waals surface area contributed by atoms with E-state index in [1.165, 1.54) is 23.8 Å². The van der Waals surface area contributed by atoms with E-state index in [-0.39, 0.29) is 17.9 Å². The number of rotatable bonds is 4. The molecule has 126 valence electrons. The molecular weight excluding hydrogens is 300 g/mol. The lowest BCUT2D eigenvalue weighted by Crippen LogP contribution is -2.43. The first-order chi connectivity index (χ1) is 11.8. The van der Waals surface area contributed by atoms with Gasteiger partial charge in [-0.05, 0) is 37.0 Å². The molecule has 1 aliphatic carbocycles. The maximum absolute atomic E-state index is 12.4. The third-order valence-corrected chi connectivity index (χ3v) is 5.47. The van der Waals surface area contributed by atoms with Gasteiger partial charge in [-0.2, -0.15) is 0 Å². The largest absolute Gasteiger partial charge is 0.379 e. The Kier molecular flexibility index (Phi) is 4.48. The van der Waals surface area contributed by atoms with Gasteiger partial charge in [-0.15, -0.1) is 0 Å².